The summed E-state index contributed by atoms with van der Waals surface area (Å²) in [6.07, 6.45) is 0.889. The Balaban J connectivity index is 3.00. The van der Waals surface area contributed by atoms with Gasteiger partial charge in [-0.1, -0.05) is 13.8 Å². The second-order valence-electron chi connectivity index (χ2n) is 3.12. The summed E-state index contributed by atoms with van der Waals surface area (Å²) in [5.74, 6) is -1.68. The SMILES string of the molecule is CCC(C)Sc1c(N)ccc(F)c1F. The third kappa shape index (κ3) is 2.38. The molecule has 4 heteroatoms. The molecule has 1 unspecified atom stereocenters. The number of thioether (sulfide) groups is 1. The van der Waals surface area contributed by atoms with Crippen LogP contribution >= 0.6 is 11.8 Å². The quantitative estimate of drug-likeness (QED) is 0.620. The predicted molar refractivity (Wildman–Crippen MR) is 56.4 cm³/mol. The fourth-order valence-corrected chi connectivity index (χ4v) is 1.93. The molecule has 1 rings (SSSR count). The van der Waals surface area contributed by atoms with Crippen LogP contribution < -0.4 is 5.73 Å². The first kappa shape index (κ1) is 11.3. The molecule has 2 N–H and O–H groups in total. The molecule has 0 saturated heterocycles. The van der Waals surface area contributed by atoms with Gasteiger partial charge in [0.15, 0.2) is 11.6 Å². The van der Waals surface area contributed by atoms with E-state index in [1.807, 2.05) is 13.8 Å². The van der Waals surface area contributed by atoms with Crippen molar-refractivity contribution in [2.45, 2.75) is 30.4 Å². The Kier molecular flexibility index (Phi) is 3.75. The second kappa shape index (κ2) is 4.64. The number of hydrogen-bond acceptors (Lipinski definition) is 2. The lowest BCUT2D eigenvalue weighted by Gasteiger charge is -2.11. The average molecular weight is 217 g/mol. The maximum atomic E-state index is 13.3. The number of halogens is 2. The fourth-order valence-electron chi connectivity index (χ4n) is 0.951. The number of hydrogen-bond donors (Lipinski definition) is 1. The van der Waals surface area contributed by atoms with Gasteiger partial charge in [0.2, 0.25) is 0 Å². The number of nitrogen functional groups attached to an aromatic ring is 1. The summed E-state index contributed by atoms with van der Waals surface area (Å²) in [6, 6.07) is 2.44. The van der Waals surface area contributed by atoms with E-state index >= 15 is 0 Å². The summed E-state index contributed by atoms with van der Waals surface area (Å²) >= 11 is 1.27. The Morgan fingerprint density at radius 1 is 1.43 bits per heavy atom. The highest BCUT2D eigenvalue weighted by Crippen LogP contribution is 2.33. The van der Waals surface area contributed by atoms with E-state index in [1.165, 1.54) is 17.8 Å². The smallest absolute Gasteiger partial charge is 0.174 e. The van der Waals surface area contributed by atoms with Gasteiger partial charge in [-0.15, -0.1) is 11.8 Å². The summed E-state index contributed by atoms with van der Waals surface area (Å²) in [4.78, 5) is 0.222. The second-order valence-corrected chi connectivity index (χ2v) is 4.57. The van der Waals surface area contributed by atoms with Crippen LogP contribution in [-0.4, -0.2) is 5.25 Å². The van der Waals surface area contributed by atoms with Gasteiger partial charge in [-0.25, -0.2) is 8.78 Å². The first-order valence-electron chi connectivity index (χ1n) is 4.46. The third-order valence-electron chi connectivity index (χ3n) is 1.97. The summed E-state index contributed by atoms with van der Waals surface area (Å²) < 4.78 is 26.2. The van der Waals surface area contributed by atoms with Crippen molar-refractivity contribution in [3.8, 4) is 0 Å². The topological polar surface area (TPSA) is 26.0 Å². The van der Waals surface area contributed by atoms with Crippen LogP contribution in [0.3, 0.4) is 0 Å². The van der Waals surface area contributed by atoms with E-state index in [-0.39, 0.29) is 10.1 Å². The first-order chi connectivity index (χ1) is 6.56. The molecule has 1 aromatic rings. The molecule has 0 aliphatic rings. The minimum Gasteiger partial charge on any atom is -0.398 e. The largest absolute Gasteiger partial charge is 0.398 e. The molecule has 0 amide bonds. The number of rotatable bonds is 3. The maximum Gasteiger partial charge on any atom is 0.174 e. The Morgan fingerprint density at radius 3 is 2.64 bits per heavy atom. The van der Waals surface area contributed by atoms with Gasteiger partial charge >= 0.3 is 0 Å². The maximum absolute atomic E-state index is 13.3. The Bertz CT molecular complexity index is 328. The van der Waals surface area contributed by atoms with Crippen molar-refractivity contribution in [1.29, 1.82) is 0 Å². The van der Waals surface area contributed by atoms with E-state index in [1.54, 1.807) is 0 Å². The fraction of sp³-hybridized carbons (Fsp3) is 0.400. The monoisotopic (exact) mass is 217 g/mol. The highest BCUT2D eigenvalue weighted by Gasteiger charge is 2.14. The molecule has 0 saturated carbocycles. The molecular weight excluding hydrogens is 204 g/mol. The van der Waals surface area contributed by atoms with Gasteiger partial charge in [0.1, 0.15) is 0 Å². The van der Waals surface area contributed by atoms with E-state index in [2.05, 4.69) is 0 Å². The third-order valence-corrected chi connectivity index (χ3v) is 3.36. The summed E-state index contributed by atoms with van der Waals surface area (Å²) in [7, 11) is 0. The van der Waals surface area contributed by atoms with Crippen molar-refractivity contribution >= 4 is 17.4 Å². The molecule has 0 aliphatic carbocycles. The highest BCUT2D eigenvalue weighted by molar-refractivity contribution is 8.00. The molecule has 0 radical (unpaired) electrons. The molecule has 0 bridgehead atoms. The van der Waals surface area contributed by atoms with Crippen LogP contribution in [0.4, 0.5) is 14.5 Å². The van der Waals surface area contributed by atoms with Crippen molar-refractivity contribution in [1.82, 2.24) is 0 Å². The average Bonchev–Trinajstić information content (AvgIpc) is 2.18. The van der Waals surface area contributed by atoms with Gasteiger partial charge in [-0.05, 0) is 18.6 Å². The van der Waals surface area contributed by atoms with Crippen molar-refractivity contribution < 1.29 is 8.78 Å². The molecule has 14 heavy (non-hydrogen) atoms. The Hall–Kier alpha value is -0.770. The van der Waals surface area contributed by atoms with Gasteiger partial charge in [0.25, 0.3) is 0 Å². The number of nitrogens with two attached hydrogens (primary N) is 1. The van der Waals surface area contributed by atoms with E-state index in [9.17, 15) is 8.78 Å². The molecule has 1 nitrogen and oxygen atoms in total. The van der Waals surface area contributed by atoms with Crippen LogP contribution in [0.1, 0.15) is 20.3 Å². The molecule has 0 fully saturated rings. The molecule has 78 valence electrons. The lowest BCUT2D eigenvalue weighted by Crippen LogP contribution is -2.00. The van der Waals surface area contributed by atoms with E-state index in [0.29, 0.717) is 5.69 Å². The minimum atomic E-state index is -0.843. The molecule has 1 aromatic carbocycles. The summed E-state index contributed by atoms with van der Waals surface area (Å²) in [6.45, 7) is 3.94. The van der Waals surface area contributed by atoms with E-state index in [0.717, 1.165) is 12.5 Å². The van der Waals surface area contributed by atoms with Crippen LogP contribution in [-0.2, 0) is 0 Å². The summed E-state index contributed by atoms with van der Waals surface area (Å²) in [5, 5.41) is 0.230. The minimum absolute atomic E-state index is 0.222. The van der Waals surface area contributed by atoms with Crippen LogP contribution in [0.25, 0.3) is 0 Å². The first-order valence-corrected chi connectivity index (χ1v) is 5.34. The summed E-state index contributed by atoms with van der Waals surface area (Å²) in [5.41, 5.74) is 5.87. The molecular formula is C10H13F2NS. The number of anilines is 1. The van der Waals surface area contributed by atoms with Crippen LogP contribution in [0.5, 0.6) is 0 Å². The van der Waals surface area contributed by atoms with Gasteiger partial charge < -0.3 is 5.73 Å². The highest BCUT2D eigenvalue weighted by atomic mass is 32.2. The van der Waals surface area contributed by atoms with Gasteiger partial charge in [-0.3, -0.25) is 0 Å². The van der Waals surface area contributed by atoms with Crippen molar-refractivity contribution in [2.75, 3.05) is 5.73 Å². The van der Waals surface area contributed by atoms with E-state index in [4.69, 9.17) is 5.73 Å². The lowest BCUT2D eigenvalue weighted by atomic mass is 10.3. The standard InChI is InChI=1S/C10H13F2NS/c1-3-6(2)14-10-8(13)5-4-7(11)9(10)12/h4-6H,3,13H2,1-2H3. The van der Waals surface area contributed by atoms with Crippen molar-refractivity contribution in [3.63, 3.8) is 0 Å². The van der Waals surface area contributed by atoms with Crippen LogP contribution in [0, 0.1) is 11.6 Å². The van der Waals surface area contributed by atoms with E-state index < -0.39 is 11.6 Å². The lowest BCUT2D eigenvalue weighted by molar-refractivity contribution is 0.492. The van der Waals surface area contributed by atoms with Gasteiger partial charge in [0.05, 0.1) is 4.90 Å². The van der Waals surface area contributed by atoms with Crippen molar-refractivity contribution in [3.05, 3.63) is 23.8 Å². The molecule has 0 spiro atoms. The normalized spacial score (nSPS) is 12.9. The van der Waals surface area contributed by atoms with Crippen LogP contribution in [0.2, 0.25) is 0 Å². The van der Waals surface area contributed by atoms with Gasteiger partial charge in [0, 0.05) is 10.9 Å². The number of benzene rings is 1. The zero-order valence-electron chi connectivity index (χ0n) is 8.18. The molecule has 1 atom stereocenters. The zero-order valence-corrected chi connectivity index (χ0v) is 9.00. The van der Waals surface area contributed by atoms with Gasteiger partial charge in [-0.2, -0.15) is 0 Å². The van der Waals surface area contributed by atoms with Crippen molar-refractivity contribution in [2.24, 2.45) is 0 Å². The van der Waals surface area contributed by atoms with Crippen LogP contribution in [0.15, 0.2) is 17.0 Å². The Labute approximate surface area is 86.7 Å². The predicted octanol–water partition coefficient (Wildman–Crippen LogP) is 3.44. The molecule has 0 heterocycles. The molecule has 0 aliphatic heterocycles. The molecule has 0 aromatic heterocycles. The Morgan fingerprint density at radius 2 is 2.07 bits per heavy atom. The zero-order chi connectivity index (χ0) is 10.7.